The van der Waals surface area contributed by atoms with Crippen LogP contribution in [0.15, 0.2) is 0 Å². The van der Waals surface area contributed by atoms with Crippen molar-refractivity contribution in [1.82, 2.24) is 0 Å². The minimum Gasteiger partial charge on any atom is -0.377 e. The Morgan fingerprint density at radius 3 is 2.58 bits per heavy atom. The molecule has 5 heteroatoms. The van der Waals surface area contributed by atoms with Gasteiger partial charge in [0.05, 0.1) is 6.10 Å². The molecule has 3 nitrogen and oxygen atoms in total. The molecule has 1 fully saturated rings. The average Bonchev–Trinajstić information content (AvgIpc) is 2.03. The molecule has 2 atom stereocenters. The monoisotopic (exact) mass is 196 g/mol. The third-order valence-electron chi connectivity index (χ3n) is 2.18. The maximum atomic E-state index is 12.5. The van der Waals surface area contributed by atoms with Gasteiger partial charge in [-0.2, -0.15) is 8.42 Å². The van der Waals surface area contributed by atoms with Crippen LogP contribution in [0, 0.1) is 0 Å². The molecule has 0 N–H and O–H groups in total. The molecule has 0 amide bonds. The van der Waals surface area contributed by atoms with Crippen molar-refractivity contribution in [3.05, 3.63) is 0 Å². The van der Waals surface area contributed by atoms with Crippen LogP contribution in [0.2, 0.25) is 0 Å². The van der Waals surface area contributed by atoms with Crippen molar-refractivity contribution in [2.45, 2.75) is 37.5 Å². The van der Waals surface area contributed by atoms with E-state index in [0.29, 0.717) is 13.0 Å². The van der Waals surface area contributed by atoms with Crippen molar-refractivity contribution < 1.29 is 17.0 Å². The van der Waals surface area contributed by atoms with E-state index in [9.17, 15) is 12.3 Å². The SMILES string of the molecule is CC(C1CCCCO1)S(=O)(=O)F. The summed E-state index contributed by atoms with van der Waals surface area (Å²) >= 11 is 0. The molecule has 1 rings (SSSR count). The van der Waals surface area contributed by atoms with Gasteiger partial charge in [0.15, 0.2) is 0 Å². The lowest BCUT2D eigenvalue weighted by Gasteiger charge is -2.25. The molecule has 0 spiro atoms. The fourth-order valence-corrected chi connectivity index (χ4v) is 1.89. The minimum atomic E-state index is -4.43. The second-order valence-electron chi connectivity index (χ2n) is 3.09. The molecule has 1 saturated heterocycles. The summed E-state index contributed by atoms with van der Waals surface area (Å²) < 4.78 is 38.6. The van der Waals surface area contributed by atoms with E-state index in [4.69, 9.17) is 4.74 Å². The van der Waals surface area contributed by atoms with Gasteiger partial charge in [0.25, 0.3) is 0 Å². The predicted molar refractivity (Wildman–Crippen MR) is 43.1 cm³/mol. The Bertz CT molecular complexity index is 231. The fourth-order valence-electron chi connectivity index (χ4n) is 1.32. The molecule has 0 bridgehead atoms. The quantitative estimate of drug-likeness (QED) is 0.624. The van der Waals surface area contributed by atoms with Crippen LogP contribution in [0.25, 0.3) is 0 Å². The Morgan fingerprint density at radius 2 is 2.17 bits per heavy atom. The van der Waals surface area contributed by atoms with Gasteiger partial charge in [0.1, 0.15) is 5.25 Å². The van der Waals surface area contributed by atoms with Crippen molar-refractivity contribution >= 4 is 10.2 Å². The number of hydrogen-bond acceptors (Lipinski definition) is 3. The molecule has 0 aromatic rings. The van der Waals surface area contributed by atoms with E-state index in [1.165, 1.54) is 6.92 Å². The van der Waals surface area contributed by atoms with Crippen LogP contribution in [-0.2, 0) is 15.0 Å². The largest absolute Gasteiger partial charge is 0.377 e. The molecule has 1 aliphatic rings. The van der Waals surface area contributed by atoms with E-state index in [0.717, 1.165) is 12.8 Å². The Hall–Kier alpha value is -0.160. The van der Waals surface area contributed by atoms with Gasteiger partial charge < -0.3 is 4.74 Å². The number of ether oxygens (including phenoxy) is 1. The summed E-state index contributed by atoms with van der Waals surface area (Å²) in [5.41, 5.74) is 0. The van der Waals surface area contributed by atoms with Crippen LogP contribution < -0.4 is 0 Å². The molecular weight excluding hydrogens is 183 g/mol. The molecule has 0 aromatic carbocycles. The molecule has 1 heterocycles. The summed E-state index contributed by atoms with van der Waals surface area (Å²) in [6.07, 6.45) is 2.05. The minimum absolute atomic E-state index is 0.450. The van der Waals surface area contributed by atoms with Gasteiger partial charge in [-0.1, -0.05) is 0 Å². The number of hydrogen-bond donors (Lipinski definition) is 0. The standard InChI is InChI=1S/C7H13FO3S/c1-6(12(8,9)10)7-4-2-3-5-11-7/h6-7H,2-5H2,1H3. The summed E-state index contributed by atoms with van der Waals surface area (Å²) in [6.45, 7) is 1.90. The van der Waals surface area contributed by atoms with Crippen LogP contribution in [-0.4, -0.2) is 26.4 Å². The Balaban J connectivity index is 2.57. The van der Waals surface area contributed by atoms with Crippen molar-refractivity contribution in [2.75, 3.05) is 6.61 Å². The fraction of sp³-hybridized carbons (Fsp3) is 1.00. The van der Waals surface area contributed by atoms with Crippen molar-refractivity contribution in [2.24, 2.45) is 0 Å². The highest BCUT2D eigenvalue weighted by molar-refractivity contribution is 7.87. The molecule has 0 aromatic heterocycles. The third kappa shape index (κ3) is 2.42. The number of rotatable bonds is 2. The lowest BCUT2D eigenvalue weighted by molar-refractivity contribution is 0.0157. The van der Waals surface area contributed by atoms with E-state index in [-0.39, 0.29) is 0 Å². The zero-order valence-electron chi connectivity index (χ0n) is 6.99. The van der Waals surface area contributed by atoms with E-state index in [1.54, 1.807) is 0 Å². The summed E-state index contributed by atoms with van der Waals surface area (Å²) in [5, 5.41) is -1.02. The zero-order chi connectivity index (χ0) is 9.19. The van der Waals surface area contributed by atoms with Gasteiger partial charge in [-0.3, -0.25) is 0 Å². The van der Waals surface area contributed by atoms with Gasteiger partial charge in [-0.15, -0.1) is 3.89 Å². The molecule has 1 aliphatic heterocycles. The average molecular weight is 196 g/mol. The normalized spacial score (nSPS) is 28.3. The highest BCUT2D eigenvalue weighted by atomic mass is 32.3. The second-order valence-corrected chi connectivity index (χ2v) is 4.78. The summed E-state index contributed by atoms with van der Waals surface area (Å²) in [7, 11) is -4.43. The molecule has 0 radical (unpaired) electrons. The first kappa shape index (κ1) is 9.92. The van der Waals surface area contributed by atoms with Crippen molar-refractivity contribution in [3.63, 3.8) is 0 Å². The Kier molecular flexibility index (Phi) is 3.06. The van der Waals surface area contributed by atoms with E-state index < -0.39 is 21.6 Å². The van der Waals surface area contributed by atoms with E-state index in [2.05, 4.69) is 0 Å². The Morgan fingerprint density at radius 1 is 1.50 bits per heavy atom. The third-order valence-corrected chi connectivity index (χ3v) is 3.37. The van der Waals surface area contributed by atoms with Crippen molar-refractivity contribution in [3.8, 4) is 0 Å². The molecule has 2 unspecified atom stereocenters. The second kappa shape index (κ2) is 3.70. The first-order valence-electron chi connectivity index (χ1n) is 4.07. The maximum Gasteiger partial charge on any atom is 0.307 e. The van der Waals surface area contributed by atoms with E-state index in [1.807, 2.05) is 0 Å². The van der Waals surface area contributed by atoms with Crippen LogP contribution in [0.1, 0.15) is 26.2 Å². The topological polar surface area (TPSA) is 43.4 Å². The van der Waals surface area contributed by atoms with Gasteiger partial charge in [0.2, 0.25) is 0 Å². The van der Waals surface area contributed by atoms with Gasteiger partial charge >= 0.3 is 10.2 Å². The number of halogens is 1. The summed E-state index contributed by atoms with van der Waals surface area (Å²) in [6, 6.07) is 0. The molecular formula is C7H13FO3S. The summed E-state index contributed by atoms with van der Waals surface area (Å²) in [4.78, 5) is 0. The van der Waals surface area contributed by atoms with Crippen molar-refractivity contribution in [1.29, 1.82) is 0 Å². The predicted octanol–water partition coefficient (Wildman–Crippen LogP) is 1.24. The Labute approximate surface area is 72.1 Å². The first-order valence-corrected chi connectivity index (χ1v) is 5.51. The summed E-state index contributed by atoms with van der Waals surface area (Å²) in [5.74, 6) is 0. The van der Waals surface area contributed by atoms with Crippen LogP contribution in [0.5, 0.6) is 0 Å². The molecule has 72 valence electrons. The van der Waals surface area contributed by atoms with Crippen LogP contribution in [0.4, 0.5) is 3.89 Å². The lowest BCUT2D eigenvalue weighted by atomic mass is 10.1. The van der Waals surface area contributed by atoms with Gasteiger partial charge in [-0.05, 0) is 26.2 Å². The first-order chi connectivity index (χ1) is 5.52. The highest BCUT2D eigenvalue weighted by Gasteiger charge is 2.30. The zero-order valence-corrected chi connectivity index (χ0v) is 7.81. The van der Waals surface area contributed by atoms with Crippen LogP contribution in [0.3, 0.4) is 0 Å². The smallest absolute Gasteiger partial charge is 0.307 e. The highest BCUT2D eigenvalue weighted by Crippen LogP contribution is 2.20. The maximum absolute atomic E-state index is 12.5. The van der Waals surface area contributed by atoms with Gasteiger partial charge in [-0.25, -0.2) is 0 Å². The molecule has 0 aliphatic carbocycles. The van der Waals surface area contributed by atoms with Crippen LogP contribution >= 0.6 is 0 Å². The lowest BCUT2D eigenvalue weighted by Crippen LogP contribution is -2.34. The molecule has 12 heavy (non-hydrogen) atoms. The van der Waals surface area contributed by atoms with Gasteiger partial charge in [0, 0.05) is 6.61 Å². The molecule has 0 saturated carbocycles. The van der Waals surface area contributed by atoms with E-state index >= 15 is 0 Å².